The van der Waals surface area contributed by atoms with Crippen LogP contribution >= 0.6 is 22.4 Å². The molecule has 1 fully saturated rings. The van der Waals surface area contributed by atoms with E-state index in [9.17, 15) is 33.6 Å². The van der Waals surface area contributed by atoms with Gasteiger partial charge >= 0.3 is 28.1 Å². The molecule has 20 heteroatoms. The fourth-order valence-electron chi connectivity index (χ4n) is 2.31. The normalized spacial score (nSPS) is 25.9. The van der Waals surface area contributed by atoms with Crippen molar-refractivity contribution in [1.29, 1.82) is 0 Å². The number of aromatic amines is 1. The molecule has 6 N–H and O–H groups in total. The van der Waals surface area contributed by atoms with Gasteiger partial charge in [-0.2, -0.15) is 4.31 Å². The van der Waals surface area contributed by atoms with Gasteiger partial charge < -0.3 is 33.9 Å². The van der Waals surface area contributed by atoms with E-state index < -0.39 is 58.7 Å². The topological polar surface area (TPSA) is 227 Å². The van der Waals surface area contributed by atoms with Crippen molar-refractivity contribution in [1.82, 2.24) is 9.55 Å². The number of hydrogen-bond acceptors (Lipinski definition) is 10. The molecule has 30 heavy (non-hydrogen) atoms. The van der Waals surface area contributed by atoms with Gasteiger partial charge in [0.25, 0.3) is 5.56 Å². The van der Waals surface area contributed by atoms with E-state index in [2.05, 4.69) is 25.4 Å². The number of ether oxygens (including phenoxy) is 1. The molecule has 0 bridgehead atoms. The molecule has 167 valence electrons. The Morgan fingerprint density at radius 3 is 2.43 bits per heavy atom. The summed E-state index contributed by atoms with van der Waals surface area (Å²) in [5.74, 6) is 0. The molecule has 1 aliphatic heterocycles. The summed E-state index contributed by atoms with van der Waals surface area (Å²) in [6.45, 7) is -3.77. The molecule has 0 aliphatic carbocycles. The predicted molar refractivity (Wildman–Crippen MR) is 103 cm³/mol. The third-order valence-corrected chi connectivity index (χ3v) is 8.20. The van der Waals surface area contributed by atoms with E-state index in [0.717, 1.165) is 4.57 Å². The maximum Gasteiger partial charge on any atom is 0.488 e. The van der Waals surface area contributed by atoms with E-state index in [1.165, 1.54) is 13.1 Å². The second kappa shape index (κ2) is 10.6. The number of phosphoric acid groups is 2. The molecule has 2 rings (SSSR count). The molecule has 0 saturated carbocycles. The van der Waals surface area contributed by atoms with Crippen LogP contribution in [0, 0.1) is 6.92 Å². The number of nitrogens with zero attached hydrogens (tertiary/aromatic N) is 1. The molecule has 15 nitrogen and oxygen atoms in total. The molecule has 1 radical (unpaired) electrons. The summed E-state index contributed by atoms with van der Waals surface area (Å²) in [5.41, 5.74) is -1.16. The fourth-order valence-corrected chi connectivity index (χ4v) is 6.28. The number of aryl methyl sites for hydroxylation is 1. The zero-order valence-corrected chi connectivity index (χ0v) is 20.9. The molecule has 0 spiro atoms. The van der Waals surface area contributed by atoms with Gasteiger partial charge in [0, 0.05) is 47.7 Å². The van der Waals surface area contributed by atoms with Crippen LogP contribution in [0.5, 0.6) is 0 Å². The Bertz CT molecular complexity index is 1020. The molecular weight excluding hydrogens is 504 g/mol. The van der Waals surface area contributed by atoms with Gasteiger partial charge in [0.15, 0.2) is 0 Å². The summed E-state index contributed by atoms with van der Waals surface area (Å²) in [7, 11) is -10.9. The van der Waals surface area contributed by atoms with Gasteiger partial charge in [-0.15, -0.1) is 0 Å². The van der Waals surface area contributed by atoms with E-state index in [1.807, 2.05) is 0 Å². The molecule has 0 amide bonds. The van der Waals surface area contributed by atoms with Crippen molar-refractivity contribution in [2.45, 2.75) is 31.8 Å². The zero-order valence-electron chi connectivity index (χ0n) is 15.4. The third-order valence-electron chi connectivity index (χ3n) is 3.48. The zero-order chi connectivity index (χ0) is 22.2. The first kappa shape index (κ1) is 28.5. The minimum Gasteiger partial charge on any atom is -0.390 e. The van der Waals surface area contributed by atoms with Crippen LogP contribution in [0.2, 0.25) is 0 Å². The van der Waals surface area contributed by atoms with Crippen molar-refractivity contribution in [2.24, 2.45) is 0 Å². The SMILES string of the molecule is Cc1cn(C2CC(O)C(COP(O)(=S)OP(=O)(O)OP(=O)(O)O)O2)c(=O)[nH]c1=O.[Na]. The predicted octanol–water partition coefficient (Wildman–Crippen LogP) is -1.43. The monoisotopic (exact) mass is 521 g/mol. The average molecular weight is 521 g/mol. The maximum atomic E-state index is 11.9. The summed E-state index contributed by atoms with van der Waals surface area (Å²) < 4.78 is 40.8. The van der Waals surface area contributed by atoms with Crippen molar-refractivity contribution in [3.8, 4) is 0 Å². The molecule has 5 atom stereocenters. The molecule has 1 aliphatic rings. The fraction of sp³-hybridized carbons (Fsp3) is 0.600. The van der Waals surface area contributed by atoms with Gasteiger partial charge in [-0.05, 0) is 18.7 Å². The van der Waals surface area contributed by atoms with Gasteiger partial charge in [-0.3, -0.25) is 14.3 Å². The Labute approximate surface area is 195 Å². The molecule has 2 heterocycles. The molecule has 1 aromatic heterocycles. The number of nitrogens with one attached hydrogen (secondary N) is 1. The smallest absolute Gasteiger partial charge is 0.390 e. The Morgan fingerprint density at radius 2 is 1.87 bits per heavy atom. The molecular formula is C10H17N2NaO13P3S. The summed E-state index contributed by atoms with van der Waals surface area (Å²) >= 11 is 4.45. The van der Waals surface area contributed by atoms with Crippen LogP contribution in [-0.2, 0) is 38.8 Å². The first-order valence-electron chi connectivity index (χ1n) is 7.52. The third kappa shape index (κ3) is 8.41. The average Bonchev–Trinajstić information content (AvgIpc) is 2.86. The molecule has 5 unspecified atom stereocenters. The standard InChI is InChI=1S/C10H17N2O13P3S.Na/c1-5-3-12(10(15)11-9(5)14)8-2-6(13)7(23-8)4-22-28(21,29)25-27(19,20)24-26(16,17)18;/h3,6-8,13H,2,4H2,1H3,(H,19,20)(H,21,29)(H,11,14,15)(H2,16,17,18);. The van der Waals surface area contributed by atoms with Crippen LogP contribution in [-0.4, -0.2) is 82.6 Å². The van der Waals surface area contributed by atoms with Gasteiger partial charge in [0.2, 0.25) is 0 Å². The van der Waals surface area contributed by atoms with Gasteiger partial charge in [-0.25, -0.2) is 18.2 Å². The molecule has 1 saturated heterocycles. The van der Waals surface area contributed by atoms with Crippen molar-refractivity contribution >= 4 is 63.7 Å². The molecule has 0 aromatic carbocycles. The van der Waals surface area contributed by atoms with E-state index in [1.54, 1.807) is 0 Å². The number of rotatable bonds is 8. The second-order valence-corrected chi connectivity index (χ2v) is 11.6. The number of H-pyrrole nitrogens is 1. The van der Waals surface area contributed by atoms with Gasteiger partial charge in [0.05, 0.1) is 12.7 Å². The number of aliphatic hydroxyl groups excluding tert-OH is 1. The quantitative estimate of drug-likeness (QED) is 0.170. The van der Waals surface area contributed by atoms with Crippen LogP contribution in [0.3, 0.4) is 0 Å². The van der Waals surface area contributed by atoms with Crippen LogP contribution in [0.15, 0.2) is 15.8 Å². The van der Waals surface area contributed by atoms with Crippen molar-refractivity contribution in [2.75, 3.05) is 6.61 Å². The van der Waals surface area contributed by atoms with Gasteiger partial charge in [-0.1, -0.05) is 0 Å². The number of hydrogen-bond donors (Lipinski definition) is 6. The minimum absolute atomic E-state index is 0. The number of aromatic nitrogens is 2. The second-order valence-electron chi connectivity index (χ2n) is 5.80. The van der Waals surface area contributed by atoms with E-state index in [4.69, 9.17) is 19.0 Å². The van der Waals surface area contributed by atoms with Gasteiger partial charge in [0.1, 0.15) is 12.3 Å². The van der Waals surface area contributed by atoms with Crippen LogP contribution in [0.4, 0.5) is 0 Å². The minimum atomic E-state index is -5.46. The Morgan fingerprint density at radius 1 is 1.27 bits per heavy atom. The number of aliphatic hydroxyl groups is 1. The summed E-state index contributed by atoms with van der Waals surface area (Å²) in [5, 5.41) is 10.0. The Hall–Kier alpha value is 0.430. The van der Waals surface area contributed by atoms with Crippen molar-refractivity contribution in [3.63, 3.8) is 0 Å². The maximum absolute atomic E-state index is 11.9. The van der Waals surface area contributed by atoms with E-state index in [-0.39, 0.29) is 41.5 Å². The van der Waals surface area contributed by atoms with Crippen LogP contribution in [0.1, 0.15) is 18.2 Å². The first-order chi connectivity index (χ1) is 13.1. The summed E-state index contributed by atoms with van der Waals surface area (Å²) in [6, 6.07) is 0. The summed E-state index contributed by atoms with van der Waals surface area (Å²) in [4.78, 5) is 61.4. The van der Waals surface area contributed by atoms with E-state index >= 15 is 0 Å². The Balaban J connectivity index is 0.00000450. The molecule has 1 aromatic rings. The van der Waals surface area contributed by atoms with Crippen LogP contribution in [0.25, 0.3) is 0 Å². The van der Waals surface area contributed by atoms with Crippen LogP contribution < -0.4 is 11.2 Å². The first-order valence-corrected chi connectivity index (χ1v) is 13.1. The van der Waals surface area contributed by atoms with Crippen molar-refractivity contribution in [3.05, 3.63) is 32.6 Å². The van der Waals surface area contributed by atoms with Crippen molar-refractivity contribution < 1.29 is 51.7 Å². The largest absolute Gasteiger partial charge is 0.488 e. The Kier molecular flexibility index (Phi) is 10.0. The summed E-state index contributed by atoms with van der Waals surface area (Å²) in [6.07, 6.45) is -2.27. The van der Waals surface area contributed by atoms with E-state index in [0.29, 0.717) is 0 Å².